The monoisotopic (exact) mass is 480 g/mol. The van der Waals surface area contributed by atoms with Gasteiger partial charge in [-0.05, 0) is 36.6 Å². The molecule has 0 radical (unpaired) electrons. The van der Waals surface area contributed by atoms with Crippen LogP contribution in [0.2, 0.25) is 0 Å². The van der Waals surface area contributed by atoms with E-state index in [1.807, 2.05) is 19.9 Å². The van der Waals surface area contributed by atoms with E-state index in [9.17, 15) is 19.5 Å². The summed E-state index contributed by atoms with van der Waals surface area (Å²) in [7, 11) is 1.54. The van der Waals surface area contributed by atoms with Gasteiger partial charge in [-0.1, -0.05) is 50.3 Å². The number of amides is 2. The highest BCUT2D eigenvalue weighted by Gasteiger charge is 2.33. The molecule has 32 heavy (non-hydrogen) atoms. The fourth-order valence-electron chi connectivity index (χ4n) is 3.03. The zero-order valence-electron chi connectivity index (χ0n) is 18.5. The van der Waals surface area contributed by atoms with Crippen LogP contribution in [-0.4, -0.2) is 58.4 Å². The first-order chi connectivity index (χ1) is 15.2. The molecule has 1 heterocycles. The number of methoxy groups -OCH3 is 1. The largest absolute Gasteiger partial charge is 0.493 e. The third kappa shape index (κ3) is 6.46. The molecule has 1 aliphatic rings. The Morgan fingerprint density at radius 2 is 2.03 bits per heavy atom. The number of carboxylic acids is 1. The zero-order chi connectivity index (χ0) is 23.8. The Labute approximate surface area is 197 Å². The Morgan fingerprint density at radius 3 is 2.62 bits per heavy atom. The summed E-state index contributed by atoms with van der Waals surface area (Å²) in [5.74, 6) is -0.844. The molecule has 0 unspecified atom stereocenters. The molecular formula is C22H28N2O6S2. The second-order valence-corrected chi connectivity index (χ2v) is 8.87. The Morgan fingerprint density at radius 1 is 1.31 bits per heavy atom. The van der Waals surface area contributed by atoms with E-state index >= 15 is 0 Å². The summed E-state index contributed by atoms with van der Waals surface area (Å²) < 4.78 is 11.2. The van der Waals surface area contributed by atoms with Gasteiger partial charge in [-0.2, -0.15) is 0 Å². The van der Waals surface area contributed by atoms with Crippen LogP contribution >= 0.6 is 24.0 Å². The number of carbonyl (C=O) groups excluding carboxylic acids is 2. The van der Waals surface area contributed by atoms with E-state index in [4.69, 9.17) is 21.7 Å². The molecule has 0 saturated carbocycles. The van der Waals surface area contributed by atoms with Crippen molar-refractivity contribution < 1.29 is 29.0 Å². The van der Waals surface area contributed by atoms with Crippen molar-refractivity contribution in [2.75, 3.05) is 20.3 Å². The molecular weight excluding hydrogens is 452 g/mol. The smallest absolute Gasteiger partial charge is 0.326 e. The first kappa shape index (κ1) is 25.7. The Kier molecular flexibility index (Phi) is 9.52. The number of thioether (sulfide) groups is 1. The number of hydrogen-bond acceptors (Lipinski definition) is 7. The molecule has 1 aromatic carbocycles. The highest BCUT2D eigenvalue weighted by molar-refractivity contribution is 8.26. The molecule has 0 aliphatic carbocycles. The van der Waals surface area contributed by atoms with Crippen LogP contribution in [0.5, 0.6) is 11.5 Å². The number of nitrogens with zero attached hydrogens (tertiary/aromatic N) is 1. The fourth-order valence-corrected chi connectivity index (χ4v) is 4.34. The van der Waals surface area contributed by atoms with Crippen molar-refractivity contribution in [3.63, 3.8) is 0 Å². The molecule has 174 valence electrons. The molecule has 8 nitrogen and oxygen atoms in total. The third-order valence-electron chi connectivity index (χ3n) is 5.02. The average molecular weight is 481 g/mol. The van der Waals surface area contributed by atoms with E-state index in [2.05, 4.69) is 5.32 Å². The number of thiocarbonyl (C=S) groups is 1. The maximum Gasteiger partial charge on any atom is 0.326 e. The van der Waals surface area contributed by atoms with Gasteiger partial charge in [0.05, 0.1) is 18.6 Å². The molecule has 2 amide bonds. The Bertz CT molecular complexity index is 918. The topological polar surface area (TPSA) is 105 Å². The molecule has 0 spiro atoms. The van der Waals surface area contributed by atoms with Gasteiger partial charge in [0.25, 0.3) is 5.91 Å². The molecule has 10 heteroatoms. The van der Waals surface area contributed by atoms with Gasteiger partial charge in [0, 0.05) is 13.0 Å². The maximum atomic E-state index is 12.8. The molecule has 2 atom stereocenters. The number of carbonyl (C=O) groups is 3. The minimum absolute atomic E-state index is 0.0448. The van der Waals surface area contributed by atoms with Crippen molar-refractivity contribution in [3.05, 3.63) is 28.7 Å². The van der Waals surface area contributed by atoms with Crippen LogP contribution in [0.15, 0.2) is 23.1 Å². The SMILES string of the molecule is CCOc1ccc(/C=C2/SC(=S)N(CCC(=O)N[C@@H](C(=O)O)[C@H](C)CC)C2=O)cc1OC. The quantitative estimate of drug-likeness (QED) is 0.367. The minimum atomic E-state index is -1.08. The number of rotatable bonds is 11. The lowest BCUT2D eigenvalue weighted by Gasteiger charge is -2.21. The van der Waals surface area contributed by atoms with E-state index in [1.165, 1.54) is 4.90 Å². The van der Waals surface area contributed by atoms with Gasteiger partial charge in [-0.3, -0.25) is 14.5 Å². The Balaban J connectivity index is 2.05. The third-order valence-corrected chi connectivity index (χ3v) is 6.39. The zero-order valence-corrected chi connectivity index (χ0v) is 20.2. The van der Waals surface area contributed by atoms with Crippen LogP contribution in [0.25, 0.3) is 6.08 Å². The molecule has 1 aliphatic heterocycles. The van der Waals surface area contributed by atoms with Crippen LogP contribution < -0.4 is 14.8 Å². The highest BCUT2D eigenvalue weighted by atomic mass is 32.2. The molecule has 2 N–H and O–H groups in total. The molecule has 1 aromatic rings. The lowest BCUT2D eigenvalue weighted by molar-refractivity contribution is -0.143. The van der Waals surface area contributed by atoms with E-state index in [0.29, 0.717) is 33.8 Å². The van der Waals surface area contributed by atoms with E-state index in [0.717, 1.165) is 17.3 Å². The summed E-state index contributed by atoms with van der Waals surface area (Å²) in [6, 6.07) is 4.39. The van der Waals surface area contributed by atoms with Gasteiger partial charge < -0.3 is 19.9 Å². The van der Waals surface area contributed by atoms with Gasteiger partial charge in [-0.25, -0.2) is 4.79 Å². The van der Waals surface area contributed by atoms with Crippen LogP contribution in [0.3, 0.4) is 0 Å². The van der Waals surface area contributed by atoms with E-state index in [1.54, 1.807) is 32.2 Å². The minimum Gasteiger partial charge on any atom is -0.493 e. The molecule has 0 aromatic heterocycles. The fraction of sp³-hybridized carbons (Fsp3) is 0.455. The number of benzene rings is 1. The average Bonchev–Trinajstić information content (AvgIpc) is 3.03. The maximum absolute atomic E-state index is 12.8. The van der Waals surface area contributed by atoms with E-state index in [-0.39, 0.29) is 24.8 Å². The van der Waals surface area contributed by atoms with Crippen molar-refractivity contribution >= 4 is 52.2 Å². The summed E-state index contributed by atoms with van der Waals surface area (Å²) in [6.45, 7) is 6.09. The summed E-state index contributed by atoms with van der Waals surface area (Å²) in [6.07, 6.45) is 2.28. The number of aliphatic carboxylic acids is 1. The summed E-state index contributed by atoms with van der Waals surface area (Å²) >= 11 is 6.47. The first-order valence-corrected chi connectivity index (χ1v) is 11.5. The first-order valence-electron chi connectivity index (χ1n) is 10.3. The van der Waals surface area contributed by atoms with Gasteiger partial charge >= 0.3 is 5.97 Å². The number of nitrogens with one attached hydrogen (secondary N) is 1. The number of carboxylic acid groups (broad SMARTS) is 1. The molecule has 2 rings (SSSR count). The molecule has 1 fully saturated rings. The summed E-state index contributed by atoms with van der Waals surface area (Å²) in [5.41, 5.74) is 0.751. The predicted molar refractivity (Wildman–Crippen MR) is 128 cm³/mol. The van der Waals surface area contributed by atoms with Gasteiger partial charge in [0.1, 0.15) is 10.4 Å². The molecule has 1 saturated heterocycles. The van der Waals surface area contributed by atoms with Crippen molar-refractivity contribution in [2.24, 2.45) is 5.92 Å². The number of ether oxygens (including phenoxy) is 2. The van der Waals surface area contributed by atoms with Crippen molar-refractivity contribution in [1.82, 2.24) is 10.2 Å². The van der Waals surface area contributed by atoms with Crippen LogP contribution in [0, 0.1) is 5.92 Å². The summed E-state index contributed by atoms with van der Waals surface area (Å²) in [5, 5.41) is 11.9. The van der Waals surface area contributed by atoms with Gasteiger partial charge in [0.15, 0.2) is 11.5 Å². The second kappa shape index (κ2) is 11.9. The van der Waals surface area contributed by atoms with Crippen molar-refractivity contribution in [3.8, 4) is 11.5 Å². The van der Waals surface area contributed by atoms with Gasteiger partial charge in [0.2, 0.25) is 5.91 Å². The van der Waals surface area contributed by atoms with Crippen LogP contribution in [-0.2, 0) is 14.4 Å². The Hall–Kier alpha value is -2.59. The van der Waals surface area contributed by atoms with Crippen molar-refractivity contribution in [2.45, 2.75) is 39.7 Å². The van der Waals surface area contributed by atoms with Crippen LogP contribution in [0.1, 0.15) is 39.2 Å². The lowest BCUT2D eigenvalue weighted by atomic mass is 9.99. The number of hydrogen-bond donors (Lipinski definition) is 2. The molecule has 0 bridgehead atoms. The standard InChI is InChI=1S/C22H28N2O6S2/c1-5-13(3)19(21(27)28)23-18(25)9-10-24-20(26)17(32-22(24)31)12-14-7-8-15(30-6-2)16(11-14)29-4/h7-8,11-13,19H,5-6,9-10H2,1-4H3,(H,23,25)(H,27,28)/b17-12+/t13-,19-/m1/s1. The normalized spacial score (nSPS) is 16.8. The predicted octanol–water partition coefficient (Wildman–Crippen LogP) is 3.30. The summed E-state index contributed by atoms with van der Waals surface area (Å²) in [4.78, 5) is 38.3. The second-order valence-electron chi connectivity index (χ2n) is 7.20. The van der Waals surface area contributed by atoms with E-state index < -0.39 is 17.9 Å². The van der Waals surface area contributed by atoms with Gasteiger partial charge in [-0.15, -0.1) is 0 Å². The van der Waals surface area contributed by atoms with Crippen LogP contribution in [0.4, 0.5) is 0 Å². The lowest BCUT2D eigenvalue weighted by Crippen LogP contribution is -2.46. The van der Waals surface area contributed by atoms with Crippen molar-refractivity contribution in [1.29, 1.82) is 0 Å². The highest BCUT2D eigenvalue weighted by Crippen LogP contribution is 2.34.